The van der Waals surface area contributed by atoms with Crippen molar-refractivity contribution in [2.24, 2.45) is 10.9 Å². The van der Waals surface area contributed by atoms with E-state index >= 15 is 0 Å². The monoisotopic (exact) mass is 507 g/mol. The largest absolute Gasteiger partial charge is 0.379 e. The molecule has 0 bridgehead atoms. The van der Waals surface area contributed by atoms with Gasteiger partial charge in [0.15, 0.2) is 5.96 Å². The van der Waals surface area contributed by atoms with Crippen LogP contribution in [-0.2, 0) is 4.74 Å². The lowest BCUT2D eigenvalue weighted by atomic mass is 10.0. The van der Waals surface area contributed by atoms with Gasteiger partial charge in [0.2, 0.25) is 0 Å². The Hall–Kier alpha value is -0.580. The van der Waals surface area contributed by atoms with Crippen LogP contribution in [0.2, 0.25) is 0 Å². The van der Waals surface area contributed by atoms with Gasteiger partial charge >= 0.3 is 0 Å². The van der Waals surface area contributed by atoms with Gasteiger partial charge < -0.3 is 19.9 Å². The zero-order valence-corrected chi connectivity index (χ0v) is 19.9. The van der Waals surface area contributed by atoms with Crippen molar-refractivity contribution in [1.82, 2.24) is 15.1 Å². The number of anilines is 1. The first-order chi connectivity index (χ1) is 12.7. The number of aliphatic imine (C=N–C) groups is 1. The minimum Gasteiger partial charge on any atom is -0.379 e. The average Bonchev–Trinajstić information content (AvgIpc) is 3.21. The van der Waals surface area contributed by atoms with Crippen molar-refractivity contribution in [3.05, 3.63) is 17.5 Å². The summed E-state index contributed by atoms with van der Waals surface area (Å²) in [7, 11) is 1.90. The number of hydrogen-bond donors (Lipinski definition) is 1. The number of thiophene rings is 1. The Bertz CT molecular complexity index is 554. The van der Waals surface area contributed by atoms with E-state index in [1.165, 1.54) is 5.00 Å². The van der Waals surface area contributed by atoms with Crippen LogP contribution >= 0.6 is 35.3 Å². The minimum atomic E-state index is 0. The Balaban J connectivity index is 0.00000261. The van der Waals surface area contributed by atoms with Gasteiger partial charge in [-0.15, -0.1) is 35.3 Å². The Labute approximate surface area is 185 Å². The molecule has 1 unspecified atom stereocenters. The summed E-state index contributed by atoms with van der Waals surface area (Å²) in [6, 6.07) is 4.86. The highest BCUT2D eigenvalue weighted by atomic mass is 127. The van der Waals surface area contributed by atoms with Crippen LogP contribution in [0.1, 0.15) is 13.8 Å². The summed E-state index contributed by atoms with van der Waals surface area (Å²) in [6.07, 6.45) is 0. The second-order valence-corrected chi connectivity index (χ2v) is 8.24. The maximum absolute atomic E-state index is 5.51. The van der Waals surface area contributed by atoms with Crippen molar-refractivity contribution >= 4 is 46.3 Å². The molecular formula is C19H34IN5OS. The molecule has 3 heterocycles. The number of guanidine groups is 1. The molecule has 0 radical (unpaired) electrons. The summed E-state index contributed by atoms with van der Waals surface area (Å²) in [5.74, 6) is 1.64. The molecule has 1 aromatic heterocycles. The van der Waals surface area contributed by atoms with Crippen LogP contribution in [0.4, 0.5) is 5.00 Å². The third-order valence-electron chi connectivity index (χ3n) is 5.36. The van der Waals surface area contributed by atoms with E-state index in [-0.39, 0.29) is 24.0 Å². The third kappa shape index (κ3) is 6.20. The quantitative estimate of drug-likeness (QED) is 0.377. The van der Waals surface area contributed by atoms with Crippen LogP contribution in [0.25, 0.3) is 0 Å². The molecule has 2 saturated heterocycles. The molecule has 0 aromatic carbocycles. The second-order valence-electron chi connectivity index (χ2n) is 7.31. The summed E-state index contributed by atoms with van der Waals surface area (Å²) >= 11 is 1.82. The van der Waals surface area contributed by atoms with E-state index < -0.39 is 0 Å². The van der Waals surface area contributed by atoms with Crippen LogP contribution in [0.3, 0.4) is 0 Å². The fraction of sp³-hybridized carbons (Fsp3) is 0.737. The van der Waals surface area contributed by atoms with Gasteiger partial charge in [0.25, 0.3) is 0 Å². The summed E-state index contributed by atoms with van der Waals surface area (Å²) in [5, 5.41) is 7.17. The van der Waals surface area contributed by atoms with Gasteiger partial charge in [0.1, 0.15) is 0 Å². The number of piperazine rings is 1. The highest BCUT2D eigenvalue weighted by Crippen LogP contribution is 2.22. The molecule has 0 spiro atoms. The number of rotatable bonds is 5. The normalized spacial score (nSPS) is 20.5. The first-order valence-electron chi connectivity index (χ1n) is 9.75. The standard InChI is InChI=1S/C19H33N5OS.HI/c1-16(2)17(22-10-12-25-13-11-22)15-21-19(20-3)24-8-6-23(7-9-24)18-5-4-14-26-18;/h4-5,14,16-17H,6-13,15H2,1-3H3,(H,20,21);1H. The molecule has 154 valence electrons. The topological polar surface area (TPSA) is 43.3 Å². The third-order valence-corrected chi connectivity index (χ3v) is 6.29. The van der Waals surface area contributed by atoms with Gasteiger partial charge in [0.05, 0.1) is 18.2 Å². The van der Waals surface area contributed by atoms with E-state index in [0.717, 1.165) is 65.0 Å². The SMILES string of the molecule is CN=C(NCC(C(C)C)N1CCOCC1)N1CCN(c2cccs2)CC1.I. The van der Waals surface area contributed by atoms with E-state index in [2.05, 4.69) is 56.4 Å². The van der Waals surface area contributed by atoms with Crippen molar-refractivity contribution in [2.45, 2.75) is 19.9 Å². The molecule has 1 atom stereocenters. The number of hydrogen-bond acceptors (Lipinski definition) is 5. The Morgan fingerprint density at radius 2 is 1.89 bits per heavy atom. The van der Waals surface area contributed by atoms with Gasteiger partial charge in [-0.1, -0.05) is 13.8 Å². The molecule has 0 amide bonds. The first kappa shape index (κ1) is 22.7. The van der Waals surface area contributed by atoms with Crippen LogP contribution < -0.4 is 10.2 Å². The fourth-order valence-electron chi connectivity index (χ4n) is 3.81. The fourth-order valence-corrected chi connectivity index (χ4v) is 4.60. The lowest BCUT2D eigenvalue weighted by Gasteiger charge is -2.39. The zero-order chi connectivity index (χ0) is 18.4. The average molecular weight is 507 g/mol. The van der Waals surface area contributed by atoms with Crippen LogP contribution in [0, 0.1) is 5.92 Å². The number of halogens is 1. The van der Waals surface area contributed by atoms with E-state index in [1.807, 2.05) is 18.4 Å². The van der Waals surface area contributed by atoms with Crippen LogP contribution in [-0.4, -0.2) is 87.9 Å². The molecular weight excluding hydrogens is 473 g/mol. The van der Waals surface area contributed by atoms with E-state index in [9.17, 15) is 0 Å². The van der Waals surface area contributed by atoms with E-state index in [0.29, 0.717) is 12.0 Å². The zero-order valence-electron chi connectivity index (χ0n) is 16.8. The number of morpholine rings is 1. The van der Waals surface area contributed by atoms with E-state index in [4.69, 9.17) is 4.74 Å². The Kier molecular flexibility index (Phi) is 9.61. The number of nitrogens with one attached hydrogen (secondary N) is 1. The smallest absolute Gasteiger partial charge is 0.193 e. The molecule has 2 aliphatic heterocycles. The molecule has 0 aliphatic carbocycles. The molecule has 1 aromatic rings. The molecule has 27 heavy (non-hydrogen) atoms. The van der Waals surface area contributed by atoms with Gasteiger partial charge in [-0.2, -0.15) is 0 Å². The molecule has 1 N–H and O–H groups in total. The molecule has 2 fully saturated rings. The highest BCUT2D eigenvalue weighted by molar-refractivity contribution is 14.0. The first-order valence-corrected chi connectivity index (χ1v) is 10.6. The molecule has 3 rings (SSSR count). The summed E-state index contributed by atoms with van der Waals surface area (Å²) in [4.78, 5) is 12.0. The number of nitrogens with zero attached hydrogens (tertiary/aromatic N) is 4. The van der Waals surface area contributed by atoms with Gasteiger partial charge in [0, 0.05) is 58.9 Å². The number of ether oxygens (including phenoxy) is 1. The lowest BCUT2D eigenvalue weighted by molar-refractivity contribution is 0.00739. The van der Waals surface area contributed by atoms with Crippen molar-refractivity contribution in [2.75, 3.05) is 71.0 Å². The van der Waals surface area contributed by atoms with Crippen LogP contribution in [0.15, 0.2) is 22.5 Å². The molecule has 0 saturated carbocycles. The van der Waals surface area contributed by atoms with Gasteiger partial charge in [-0.25, -0.2) is 0 Å². The van der Waals surface area contributed by atoms with Crippen molar-refractivity contribution in [3.63, 3.8) is 0 Å². The van der Waals surface area contributed by atoms with Gasteiger partial charge in [-0.05, 0) is 23.4 Å². The minimum absolute atomic E-state index is 0. The second kappa shape index (κ2) is 11.4. The maximum atomic E-state index is 5.51. The summed E-state index contributed by atoms with van der Waals surface area (Å²) in [6.45, 7) is 13.5. The summed E-state index contributed by atoms with van der Waals surface area (Å²) in [5.41, 5.74) is 0. The summed E-state index contributed by atoms with van der Waals surface area (Å²) < 4.78 is 5.51. The van der Waals surface area contributed by atoms with Gasteiger partial charge in [-0.3, -0.25) is 9.89 Å². The Morgan fingerprint density at radius 1 is 1.19 bits per heavy atom. The van der Waals surface area contributed by atoms with Crippen molar-refractivity contribution in [1.29, 1.82) is 0 Å². The molecule has 8 heteroatoms. The Morgan fingerprint density at radius 3 is 2.44 bits per heavy atom. The van der Waals surface area contributed by atoms with E-state index in [1.54, 1.807) is 0 Å². The van der Waals surface area contributed by atoms with Crippen molar-refractivity contribution < 1.29 is 4.74 Å². The highest BCUT2D eigenvalue weighted by Gasteiger charge is 2.25. The molecule has 6 nitrogen and oxygen atoms in total. The maximum Gasteiger partial charge on any atom is 0.193 e. The lowest BCUT2D eigenvalue weighted by Crippen LogP contribution is -2.56. The predicted octanol–water partition coefficient (Wildman–Crippen LogP) is 2.42. The van der Waals surface area contributed by atoms with Crippen molar-refractivity contribution in [3.8, 4) is 0 Å². The predicted molar refractivity (Wildman–Crippen MR) is 126 cm³/mol. The molecule has 2 aliphatic rings. The van der Waals surface area contributed by atoms with Crippen LogP contribution in [0.5, 0.6) is 0 Å².